The molecular weight excluding hydrogens is 460 g/mol. The minimum atomic E-state index is -3.11. The van der Waals surface area contributed by atoms with E-state index in [2.05, 4.69) is 15.4 Å². The molecule has 0 radical (unpaired) electrons. The fourth-order valence-corrected chi connectivity index (χ4v) is 3.76. The number of rotatable bonds is 9. The van der Waals surface area contributed by atoms with Gasteiger partial charge in [-0.05, 0) is 37.1 Å². The van der Waals surface area contributed by atoms with Crippen LogP contribution in [0.1, 0.15) is 28.9 Å². The monoisotopic (exact) mass is 483 g/mol. The minimum Gasteiger partial charge on any atom is -0.496 e. The summed E-state index contributed by atoms with van der Waals surface area (Å²) in [5.41, 5.74) is 2.54. The first-order valence-electron chi connectivity index (χ1n) is 11.0. The summed E-state index contributed by atoms with van der Waals surface area (Å²) in [6.45, 7) is -2.76. The van der Waals surface area contributed by atoms with E-state index in [9.17, 15) is 13.6 Å². The van der Waals surface area contributed by atoms with E-state index in [1.807, 2.05) is 13.1 Å². The fraction of sp³-hybridized carbons (Fsp3) is 0.292. The standard InChI is InChI=1S/C24H23F2N5O4/c1-30-16(5-7-28-30)13-34-17-6-8-31-18(12-27-21(31)11-17)14-9-19(33-2)22(20(10-14)35-24(25)26)23(32)29-15-3-4-15/h5-12,15,24H,3-4,13H2,1-2H3,(H,29,32). The van der Waals surface area contributed by atoms with Crippen molar-refractivity contribution in [2.24, 2.45) is 7.05 Å². The Hall–Kier alpha value is -4.15. The van der Waals surface area contributed by atoms with Crippen molar-refractivity contribution in [3.63, 3.8) is 0 Å². The largest absolute Gasteiger partial charge is 0.496 e. The van der Waals surface area contributed by atoms with Gasteiger partial charge >= 0.3 is 6.61 Å². The Labute approximate surface area is 199 Å². The Morgan fingerprint density at radius 2 is 2.03 bits per heavy atom. The van der Waals surface area contributed by atoms with Crippen molar-refractivity contribution >= 4 is 11.6 Å². The summed E-state index contributed by atoms with van der Waals surface area (Å²) >= 11 is 0. The van der Waals surface area contributed by atoms with Crippen LogP contribution in [-0.2, 0) is 13.7 Å². The zero-order valence-electron chi connectivity index (χ0n) is 19.1. The van der Waals surface area contributed by atoms with Gasteiger partial charge in [0.2, 0.25) is 0 Å². The molecule has 1 aliphatic carbocycles. The van der Waals surface area contributed by atoms with Gasteiger partial charge in [-0.1, -0.05) is 0 Å². The third-order valence-corrected chi connectivity index (χ3v) is 5.73. The highest BCUT2D eigenvalue weighted by molar-refractivity contribution is 6.01. The van der Waals surface area contributed by atoms with E-state index in [1.165, 1.54) is 13.2 Å². The molecule has 5 rings (SSSR count). The molecule has 1 aliphatic rings. The number of hydrogen-bond acceptors (Lipinski definition) is 6. The van der Waals surface area contributed by atoms with Crippen LogP contribution in [0.25, 0.3) is 16.9 Å². The van der Waals surface area contributed by atoms with Crippen molar-refractivity contribution in [1.29, 1.82) is 0 Å². The number of aromatic nitrogens is 4. The molecular formula is C24H23F2N5O4. The third kappa shape index (κ3) is 4.75. The van der Waals surface area contributed by atoms with Crippen LogP contribution < -0.4 is 19.5 Å². The first kappa shape index (κ1) is 22.6. The Morgan fingerprint density at radius 1 is 1.23 bits per heavy atom. The van der Waals surface area contributed by atoms with Gasteiger partial charge in [0.25, 0.3) is 5.91 Å². The number of nitrogens with one attached hydrogen (secondary N) is 1. The molecule has 0 saturated heterocycles. The van der Waals surface area contributed by atoms with E-state index in [0.29, 0.717) is 29.3 Å². The average Bonchev–Trinajstić information content (AvgIpc) is 3.39. The second-order valence-corrected chi connectivity index (χ2v) is 8.15. The predicted molar refractivity (Wildman–Crippen MR) is 122 cm³/mol. The summed E-state index contributed by atoms with van der Waals surface area (Å²) in [4.78, 5) is 17.2. The molecule has 0 aliphatic heterocycles. The van der Waals surface area contributed by atoms with Gasteiger partial charge in [-0.25, -0.2) is 4.98 Å². The number of carbonyl (C=O) groups is 1. The number of halogens is 2. The number of nitrogens with zero attached hydrogens (tertiary/aromatic N) is 4. The normalized spacial score (nSPS) is 13.3. The van der Waals surface area contributed by atoms with Gasteiger partial charge in [-0.15, -0.1) is 0 Å². The molecule has 0 bridgehead atoms. The molecule has 0 spiro atoms. The number of pyridine rings is 1. The Morgan fingerprint density at radius 3 is 2.71 bits per heavy atom. The molecule has 4 aromatic rings. The van der Waals surface area contributed by atoms with Crippen molar-refractivity contribution in [3.05, 3.63) is 60.2 Å². The number of amides is 1. The van der Waals surface area contributed by atoms with E-state index >= 15 is 0 Å². The summed E-state index contributed by atoms with van der Waals surface area (Å²) in [6, 6.07) is 8.46. The van der Waals surface area contributed by atoms with E-state index < -0.39 is 12.5 Å². The van der Waals surface area contributed by atoms with E-state index in [-0.39, 0.29) is 23.1 Å². The summed E-state index contributed by atoms with van der Waals surface area (Å²) < 4.78 is 45.9. The predicted octanol–water partition coefficient (Wildman–Crippen LogP) is 3.82. The van der Waals surface area contributed by atoms with Gasteiger partial charge in [0, 0.05) is 37.1 Å². The second kappa shape index (κ2) is 9.24. The molecule has 1 fully saturated rings. The van der Waals surface area contributed by atoms with Gasteiger partial charge in [0.15, 0.2) is 0 Å². The summed E-state index contributed by atoms with van der Waals surface area (Å²) in [6.07, 6.45) is 6.78. The lowest BCUT2D eigenvalue weighted by Gasteiger charge is -2.16. The van der Waals surface area contributed by atoms with Crippen molar-refractivity contribution < 1.29 is 27.8 Å². The molecule has 9 nitrogen and oxygen atoms in total. The maximum atomic E-state index is 13.2. The average molecular weight is 483 g/mol. The molecule has 1 saturated carbocycles. The minimum absolute atomic E-state index is 0.0411. The number of imidazole rings is 1. The zero-order valence-corrected chi connectivity index (χ0v) is 19.1. The van der Waals surface area contributed by atoms with Gasteiger partial charge in [0.05, 0.1) is 24.7 Å². The first-order chi connectivity index (χ1) is 16.9. The van der Waals surface area contributed by atoms with Crippen LogP contribution in [-0.4, -0.2) is 44.8 Å². The molecule has 11 heteroatoms. The molecule has 182 valence electrons. The molecule has 0 atom stereocenters. The Bertz CT molecular complexity index is 1380. The summed E-state index contributed by atoms with van der Waals surface area (Å²) in [5, 5.41) is 6.91. The number of fused-ring (bicyclic) bond motifs is 1. The van der Waals surface area contributed by atoms with Crippen LogP contribution in [0.5, 0.6) is 17.2 Å². The molecule has 1 N–H and O–H groups in total. The smallest absolute Gasteiger partial charge is 0.387 e. The molecule has 3 heterocycles. The Balaban J connectivity index is 1.48. The fourth-order valence-electron chi connectivity index (χ4n) is 3.76. The van der Waals surface area contributed by atoms with E-state index in [0.717, 1.165) is 18.5 Å². The highest BCUT2D eigenvalue weighted by atomic mass is 19.3. The Kier molecular flexibility index (Phi) is 5.98. The van der Waals surface area contributed by atoms with Crippen molar-refractivity contribution in [1.82, 2.24) is 24.5 Å². The summed E-state index contributed by atoms with van der Waals surface area (Å²) in [7, 11) is 3.21. The van der Waals surface area contributed by atoms with Crippen molar-refractivity contribution in [2.45, 2.75) is 32.1 Å². The van der Waals surface area contributed by atoms with Gasteiger partial charge in [-0.2, -0.15) is 13.9 Å². The van der Waals surface area contributed by atoms with Crippen molar-refractivity contribution in [2.75, 3.05) is 7.11 Å². The highest BCUT2D eigenvalue weighted by Crippen LogP contribution is 2.37. The topological polar surface area (TPSA) is 91.9 Å². The third-order valence-electron chi connectivity index (χ3n) is 5.73. The number of carbonyl (C=O) groups excluding carboxylic acids is 1. The molecule has 35 heavy (non-hydrogen) atoms. The number of aryl methyl sites for hydroxylation is 1. The lowest BCUT2D eigenvalue weighted by molar-refractivity contribution is -0.0502. The van der Waals surface area contributed by atoms with Gasteiger partial charge < -0.3 is 19.5 Å². The first-order valence-corrected chi connectivity index (χ1v) is 11.0. The lowest BCUT2D eigenvalue weighted by atomic mass is 10.1. The number of alkyl halides is 2. The molecule has 0 unspecified atom stereocenters. The van der Waals surface area contributed by atoms with Crippen molar-refractivity contribution in [3.8, 4) is 28.5 Å². The lowest BCUT2D eigenvalue weighted by Crippen LogP contribution is -2.26. The van der Waals surface area contributed by atoms with Gasteiger partial charge in [0.1, 0.15) is 35.1 Å². The maximum absolute atomic E-state index is 13.2. The quantitative estimate of drug-likeness (QED) is 0.389. The van der Waals surface area contributed by atoms with Crippen LogP contribution in [0, 0.1) is 0 Å². The van der Waals surface area contributed by atoms with E-state index in [4.69, 9.17) is 14.2 Å². The van der Waals surface area contributed by atoms with Crippen LogP contribution >= 0.6 is 0 Å². The second-order valence-electron chi connectivity index (χ2n) is 8.15. The summed E-state index contributed by atoms with van der Waals surface area (Å²) in [5.74, 6) is -0.0388. The maximum Gasteiger partial charge on any atom is 0.387 e. The number of ether oxygens (including phenoxy) is 3. The number of hydrogen-bond donors (Lipinski definition) is 1. The van der Waals surface area contributed by atoms with Crippen LogP contribution in [0.15, 0.2) is 48.9 Å². The van der Waals surface area contributed by atoms with Crippen LogP contribution in [0.2, 0.25) is 0 Å². The SMILES string of the molecule is COc1cc(-c2cnc3cc(OCc4ccnn4C)ccn23)cc(OC(F)F)c1C(=O)NC1CC1. The van der Waals surface area contributed by atoms with Crippen LogP contribution in [0.3, 0.4) is 0 Å². The highest BCUT2D eigenvalue weighted by Gasteiger charge is 2.29. The molecule has 1 aromatic carbocycles. The number of benzene rings is 1. The number of methoxy groups -OCH3 is 1. The molecule has 3 aromatic heterocycles. The zero-order chi connectivity index (χ0) is 24.5. The molecule has 1 amide bonds. The van der Waals surface area contributed by atoms with Crippen LogP contribution in [0.4, 0.5) is 8.78 Å². The van der Waals surface area contributed by atoms with Gasteiger partial charge in [-0.3, -0.25) is 13.9 Å². The van der Waals surface area contributed by atoms with E-state index in [1.54, 1.807) is 45.9 Å².